The van der Waals surface area contributed by atoms with Gasteiger partial charge in [0.15, 0.2) is 5.82 Å². The van der Waals surface area contributed by atoms with Crippen LogP contribution in [0.1, 0.15) is 12.7 Å². The van der Waals surface area contributed by atoms with Crippen LogP contribution >= 0.6 is 11.6 Å². The molecule has 1 aromatic carbocycles. The van der Waals surface area contributed by atoms with Crippen LogP contribution in [-0.4, -0.2) is 23.6 Å². The van der Waals surface area contributed by atoms with E-state index >= 15 is 0 Å². The molecule has 1 aromatic heterocycles. The first-order valence-corrected chi connectivity index (χ1v) is 6.85. The van der Waals surface area contributed by atoms with Crippen molar-refractivity contribution in [2.24, 2.45) is 0 Å². The number of nitrogens with one attached hydrogen (secondary N) is 2. The first kappa shape index (κ1) is 15.5. The standard InChI is InChI=1S/C14H16ClFN4O/c1-3-21-8-14-19-12(17-2)7-13(20-14)18-11-5-4-9(15)6-10(11)16/h4-7H,3,8H2,1-2H3,(H2,17,18,19,20). The third kappa shape index (κ3) is 4.27. The molecule has 2 aromatic rings. The normalized spacial score (nSPS) is 10.5. The Kier molecular flexibility index (Phi) is 5.30. The molecule has 0 aliphatic rings. The number of hydrogen-bond donors (Lipinski definition) is 2. The Labute approximate surface area is 127 Å². The lowest BCUT2D eigenvalue weighted by Gasteiger charge is -2.10. The highest BCUT2D eigenvalue weighted by atomic mass is 35.5. The molecule has 2 N–H and O–H groups in total. The maximum atomic E-state index is 13.8. The van der Waals surface area contributed by atoms with Crippen molar-refractivity contribution in [2.75, 3.05) is 24.3 Å². The summed E-state index contributed by atoms with van der Waals surface area (Å²) in [6, 6.07) is 6.09. The van der Waals surface area contributed by atoms with Crippen molar-refractivity contribution in [1.82, 2.24) is 9.97 Å². The van der Waals surface area contributed by atoms with Crippen LogP contribution in [0.5, 0.6) is 0 Å². The molecular weight excluding hydrogens is 295 g/mol. The number of halogens is 2. The molecule has 0 bridgehead atoms. The number of rotatable bonds is 6. The average molecular weight is 311 g/mol. The molecule has 7 heteroatoms. The number of ether oxygens (including phenoxy) is 1. The van der Waals surface area contributed by atoms with Gasteiger partial charge in [-0.2, -0.15) is 0 Å². The second-order valence-corrected chi connectivity index (χ2v) is 4.63. The maximum Gasteiger partial charge on any atom is 0.158 e. The fourth-order valence-electron chi connectivity index (χ4n) is 1.68. The summed E-state index contributed by atoms with van der Waals surface area (Å²) in [5, 5.41) is 6.18. The van der Waals surface area contributed by atoms with Gasteiger partial charge >= 0.3 is 0 Å². The molecule has 21 heavy (non-hydrogen) atoms. The maximum absolute atomic E-state index is 13.8. The van der Waals surface area contributed by atoms with Gasteiger partial charge in [0, 0.05) is 24.7 Å². The lowest BCUT2D eigenvalue weighted by atomic mass is 10.3. The summed E-state index contributed by atoms with van der Waals surface area (Å²) in [5.74, 6) is 1.17. The van der Waals surface area contributed by atoms with Crippen LogP contribution in [0.15, 0.2) is 24.3 Å². The van der Waals surface area contributed by atoms with E-state index in [1.165, 1.54) is 6.07 Å². The molecule has 0 spiro atoms. The monoisotopic (exact) mass is 310 g/mol. The molecule has 0 radical (unpaired) electrons. The lowest BCUT2D eigenvalue weighted by molar-refractivity contribution is 0.128. The Bertz CT molecular complexity index is 624. The minimum Gasteiger partial charge on any atom is -0.374 e. The van der Waals surface area contributed by atoms with Gasteiger partial charge in [0.05, 0.1) is 5.69 Å². The zero-order valence-electron chi connectivity index (χ0n) is 11.8. The van der Waals surface area contributed by atoms with Crippen LogP contribution in [0.2, 0.25) is 5.02 Å². The van der Waals surface area contributed by atoms with Crippen molar-refractivity contribution >= 4 is 28.9 Å². The summed E-state index contributed by atoms with van der Waals surface area (Å²) in [6.45, 7) is 2.76. The van der Waals surface area contributed by atoms with Crippen molar-refractivity contribution in [3.05, 3.63) is 40.9 Å². The number of anilines is 3. The van der Waals surface area contributed by atoms with E-state index in [4.69, 9.17) is 16.3 Å². The Morgan fingerprint density at radius 2 is 2.00 bits per heavy atom. The van der Waals surface area contributed by atoms with Crippen LogP contribution < -0.4 is 10.6 Å². The predicted octanol–water partition coefficient (Wildman–Crippen LogP) is 3.59. The second-order valence-electron chi connectivity index (χ2n) is 4.19. The van der Waals surface area contributed by atoms with Crippen molar-refractivity contribution in [3.8, 4) is 0 Å². The fourth-order valence-corrected chi connectivity index (χ4v) is 1.83. The molecule has 0 saturated carbocycles. The van der Waals surface area contributed by atoms with E-state index in [9.17, 15) is 4.39 Å². The molecule has 0 aliphatic heterocycles. The van der Waals surface area contributed by atoms with Crippen molar-refractivity contribution in [2.45, 2.75) is 13.5 Å². The summed E-state index contributed by atoms with van der Waals surface area (Å²) in [6.07, 6.45) is 0. The van der Waals surface area contributed by atoms with E-state index in [1.54, 1.807) is 25.2 Å². The number of hydrogen-bond acceptors (Lipinski definition) is 5. The van der Waals surface area contributed by atoms with E-state index < -0.39 is 5.82 Å². The highest BCUT2D eigenvalue weighted by Gasteiger charge is 2.07. The van der Waals surface area contributed by atoms with Gasteiger partial charge in [0.2, 0.25) is 0 Å². The van der Waals surface area contributed by atoms with E-state index in [0.29, 0.717) is 41.4 Å². The van der Waals surface area contributed by atoms with E-state index in [2.05, 4.69) is 20.6 Å². The van der Waals surface area contributed by atoms with Crippen LogP contribution in [-0.2, 0) is 11.3 Å². The molecule has 0 fully saturated rings. The molecule has 0 amide bonds. The van der Waals surface area contributed by atoms with Crippen molar-refractivity contribution in [1.29, 1.82) is 0 Å². The zero-order valence-corrected chi connectivity index (χ0v) is 12.5. The van der Waals surface area contributed by atoms with E-state index in [1.807, 2.05) is 6.92 Å². The van der Waals surface area contributed by atoms with Crippen LogP contribution in [0.3, 0.4) is 0 Å². The SMILES string of the molecule is CCOCc1nc(NC)cc(Nc2ccc(Cl)cc2F)n1. The molecule has 2 rings (SSSR count). The summed E-state index contributed by atoms with van der Waals surface area (Å²) in [7, 11) is 1.75. The number of benzene rings is 1. The summed E-state index contributed by atoms with van der Waals surface area (Å²) >= 11 is 5.73. The van der Waals surface area contributed by atoms with Crippen LogP contribution in [0.25, 0.3) is 0 Å². The van der Waals surface area contributed by atoms with Gasteiger partial charge in [-0.1, -0.05) is 11.6 Å². The Balaban J connectivity index is 2.25. The third-order valence-electron chi connectivity index (χ3n) is 2.66. The molecule has 0 unspecified atom stereocenters. The third-order valence-corrected chi connectivity index (χ3v) is 2.89. The van der Waals surface area contributed by atoms with Crippen LogP contribution in [0.4, 0.5) is 21.7 Å². The minimum atomic E-state index is -0.446. The summed E-state index contributed by atoms with van der Waals surface area (Å²) < 4.78 is 19.1. The first-order valence-electron chi connectivity index (χ1n) is 6.48. The van der Waals surface area contributed by atoms with Gasteiger partial charge < -0.3 is 15.4 Å². The Morgan fingerprint density at radius 3 is 2.67 bits per heavy atom. The molecular formula is C14H16ClFN4O. The van der Waals surface area contributed by atoms with Gasteiger partial charge in [0.1, 0.15) is 24.1 Å². The smallest absolute Gasteiger partial charge is 0.158 e. The van der Waals surface area contributed by atoms with Gasteiger partial charge in [-0.3, -0.25) is 0 Å². The van der Waals surface area contributed by atoms with Gasteiger partial charge in [0.25, 0.3) is 0 Å². The van der Waals surface area contributed by atoms with E-state index in [0.717, 1.165) is 0 Å². The van der Waals surface area contributed by atoms with Crippen molar-refractivity contribution in [3.63, 3.8) is 0 Å². The average Bonchev–Trinajstić information content (AvgIpc) is 2.48. The number of nitrogens with zero attached hydrogens (tertiary/aromatic N) is 2. The molecule has 1 heterocycles. The van der Waals surface area contributed by atoms with Gasteiger partial charge in [-0.25, -0.2) is 14.4 Å². The van der Waals surface area contributed by atoms with Crippen molar-refractivity contribution < 1.29 is 9.13 Å². The Morgan fingerprint density at radius 1 is 1.24 bits per heavy atom. The number of aromatic nitrogens is 2. The molecule has 0 aliphatic carbocycles. The molecule has 5 nitrogen and oxygen atoms in total. The topological polar surface area (TPSA) is 59.1 Å². The predicted molar refractivity (Wildman–Crippen MR) is 81.6 cm³/mol. The summed E-state index contributed by atoms with van der Waals surface area (Å²) in [5.41, 5.74) is 0.294. The fraction of sp³-hybridized carbons (Fsp3) is 0.286. The minimum absolute atomic E-state index is 0.294. The summed E-state index contributed by atoms with van der Waals surface area (Å²) in [4.78, 5) is 8.56. The zero-order chi connectivity index (χ0) is 15.2. The first-order chi connectivity index (χ1) is 10.1. The van der Waals surface area contributed by atoms with Crippen LogP contribution in [0, 0.1) is 5.82 Å². The molecule has 0 atom stereocenters. The largest absolute Gasteiger partial charge is 0.374 e. The Hall–Kier alpha value is -1.92. The highest BCUT2D eigenvalue weighted by molar-refractivity contribution is 6.30. The second kappa shape index (κ2) is 7.19. The molecule has 0 saturated heterocycles. The van der Waals surface area contributed by atoms with Gasteiger partial charge in [-0.05, 0) is 25.1 Å². The lowest BCUT2D eigenvalue weighted by Crippen LogP contribution is -2.06. The quantitative estimate of drug-likeness (QED) is 0.854. The molecule has 112 valence electrons. The van der Waals surface area contributed by atoms with E-state index in [-0.39, 0.29) is 0 Å². The highest BCUT2D eigenvalue weighted by Crippen LogP contribution is 2.23. The van der Waals surface area contributed by atoms with Gasteiger partial charge in [-0.15, -0.1) is 0 Å².